The zero-order chi connectivity index (χ0) is 18.7. The Labute approximate surface area is 157 Å². The van der Waals surface area contributed by atoms with Gasteiger partial charge in [0.2, 0.25) is 11.7 Å². The lowest BCUT2D eigenvalue weighted by molar-refractivity contribution is 0.391. The number of nitrogens with zero attached hydrogens (tertiary/aromatic N) is 4. The van der Waals surface area contributed by atoms with Crippen molar-refractivity contribution in [3.05, 3.63) is 46.9 Å². The molecule has 5 nitrogen and oxygen atoms in total. The summed E-state index contributed by atoms with van der Waals surface area (Å²) in [4.78, 5) is 9.04. The highest BCUT2D eigenvalue weighted by molar-refractivity contribution is 7.98. The van der Waals surface area contributed by atoms with Crippen LogP contribution in [0.2, 0.25) is 0 Å². The molecule has 0 spiro atoms. The lowest BCUT2D eigenvalue weighted by Gasteiger charge is -2.08. The van der Waals surface area contributed by atoms with E-state index in [-0.39, 0.29) is 5.82 Å². The summed E-state index contributed by atoms with van der Waals surface area (Å²) in [6.45, 7) is 8.99. The second-order valence-electron chi connectivity index (χ2n) is 6.33. The number of aromatic nitrogens is 4. The van der Waals surface area contributed by atoms with Gasteiger partial charge in [-0.2, -0.15) is 4.98 Å². The lowest BCUT2D eigenvalue weighted by atomic mass is 10.1. The molecule has 1 aromatic carbocycles. The van der Waals surface area contributed by atoms with Crippen molar-refractivity contribution < 1.29 is 8.91 Å². The van der Waals surface area contributed by atoms with Gasteiger partial charge in [-0.15, -0.1) is 0 Å². The summed E-state index contributed by atoms with van der Waals surface area (Å²) in [5, 5.41) is 4.94. The normalized spacial score (nSPS) is 11.3. The molecule has 0 aliphatic heterocycles. The van der Waals surface area contributed by atoms with Crippen LogP contribution in [-0.2, 0) is 12.3 Å². The Kier molecular flexibility index (Phi) is 5.76. The van der Waals surface area contributed by atoms with Gasteiger partial charge in [0.1, 0.15) is 5.82 Å². The first-order chi connectivity index (χ1) is 12.5. The summed E-state index contributed by atoms with van der Waals surface area (Å²) in [7, 11) is 0. The number of aryl methyl sites for hydroxylation is 2. The van der Waals surface area contributed by atoms with Crippen LogP contribution in [-0.4, -0.2) is 19.7 Å². The molecular formula is C19H23FN4OS. The van der Waals surface area contributed by atoms with Gasteiger partial charge in [0, 0.05) is 17.8 Å². The molecule has 0 unspecified atom stereocenters. The fourth-order valence-electron chi connectivity index (χ4n) is 2.60. The summed E-state index contributed by atoms with van der Waals surface area (Å²) >= 11 is 1.58. The maximum absolute atomic E-state index is 13.7. The number of benzene rings is 1. The van der Waals surface area contributed by atoms with Gasteiger partial charge in [-0.05, 0) is 38.8 Å². The maximum Gasteiger partial charge on any atom is 0.237 e. The molecule has 26 heavy (non-hydrogen) atoms. The van der Waals surface area contributed by atoms with Crippen LogP contribution in [0.15, 0.2) is 27.9 Å². The predicted octanol–water partition coefficient (Wildman–Crippen LogP) is 5.09. The number of rotatable bonds is 7. The molecule has 0 radical (unpaired) electrons. The first kappa shape index (κ1) is 18.6. The van der Waals surface area contributed by atoms with Gasteiger partial charge in [-0.1, -0.05) is 42.4 Å². The second kappa shape index (κ2) is 8.03. The second-order valence-corrected chi connectivity index (χ2v) is 7.28. The Balaban J connectivity index is 1.72. The Morgan fingerprint density at radius 1 is 1.19 bits per heavy atom. The zero-order valence-corrected chi connectivity index (χ0v) is 16.4. The highest BCUT2D eigenvalue weighted by atomic mass is 32.2. The molecule has 0 atom stereocenters. The molecule has 3 rings (SSSR count). The molecule has 7 heteroatoms. The minimum Gasteiger partial charge on any atom is -0.338 e. The minimum absolute atomic E-state index is 0.271. The average molecular weight is 374 g/mol. The van der Waals surface area contributed by atoms with E-state index in [2.05, 4.69) is 33.5 Å². The SMILES string of the molecule is CCCCn1c(SCc2nc(-c3ccc(C)c(F)c3)no2)nc(C)c1C. The average Bonchev–Trinajstić information content (AvgIpc) is 3.20. The predicted molar refractivity (Wildman–Crippen MR) is 101 cm³/mol. The van der Waals surface area contributed by atoms with Crippen LogP contribution in [0, 0.1) is 26.6 Å². The molecule has 0 aliphatic carbocycles. The molecule has 0 saturated heterocycles. The van der Waals surface area contributed by atoms with Crippen LogP contribution < -0.4 is 0 Å². The Morgan fingerprint density at radius 3 is 2.73 bits per heavy atom. The van der Waals surface area contributed by atoms with Gasteiger partial charge >= 0.3 is 0 Å². The van der Waals surface area contributed by atoms with Crippen LogP contribution in [0.25, 0.3) is 11.4 Å². The third-order valence-electron chi connectivity index (χ3n) is 4.38. The topological polar surface area (TPSA) is 56.7 Å². The Hall–Kier alpha value is -2.15. The van der Waals surface area contributed by atoms with Crippen molar-refractivity contribution in [1.82, 2.24) is 19.7 Å². The first-order valence-electron chi connectivity index (χ1n) is 8.75. The summed E-state index contributed by atoms with van der Waals surface area (Å²) in [5.74, 6) is 1.17. The number of unbranched alkanes of at least 4 members (excludes halogenated alkanes) is 1. The van der Waals surface area contributed by atoms with Crippen molar-refractivity contribution in [2.24, 2.45) is 0 Å². The molecule has 3 aromatic rings. The molecule has 2 heterocycles. The minimum atomic E-state index is -0.271. The maximum atomic E-state index is 13.7. The fourth-order valence-corrected chi connectivity index (χ4v) is 3.56. The van der Waals surface area contributed by atoms with Crippen LogP contribution in [0.1, 0.15) is 42.6 Å². The van der Waals surface area contributed by atoms with Crippen molar-refractivity contribution in [2.45, 2.75) is 58.0 Å². The van der Waals surface area contributed by atoms with Crippen molar-refractivity contribution in [1.29, 1.82) is 0 Å². The highest BCUT2D eigenvalue weighted by Crippen LogP contribution is 2.26. The van der Waals surface area contributed by atoms with E-state index in [4.69, 9.17) is 4.52 Å². The van der Waals surface area contributed by atoms with Gasteiger partial charge < -0.3 is 9.09 Å². The van der Waals surface area contributed by atoms with Crippen molar-refractivity contribution >= 4 is 11.8 Å². The molecule has 0 bridgehead atoms. The van der Waals surface area contributed by atoms with Crippen LogP contribution in [0.3, 0.4) is 0 Å². The monoisotopic (exact) mass is 374 g/mol. The van der Waals surface area contributed by atoms with Crippen LogP contribution in [0.4, 0.5) is 4.39 Å². The molecule has 0 amide bonds. The van der Waals surface area contributed by atoms with E-state index in [1.165, 1.54) is 11.8 Å². The summed E-state index contributed by atoms with van der Waals surface area (Å²) in [6, 6.07) is 4.94. The van der Waals surface area contributed by atoms with Gasteiger partial charge in [0.05, 0.1) is 11.4 Å². The van der Waals surface area contributed by atoms with Gasteiger partial charge in [0.25, 0.3) is 0 Å². The van der Waals surface area contributed by atoms with Gasteiger partial charge in [-0.3, -0.25) is 0 Å². The van der Waals surface area contributed by atoms with Crippen molar-refractivity contribution in [2.75, 3.05) is 0 Å². The number of halogens is 1. The molecule has 0 aliphatic rings. The van der Waals surface area contributed by atoms with E-state index >= 15 is 0 Å². The Morgan fingerprint density at radius 2 is 2.00 bits per heavy atom. The molecular weight excluding hydrogens is 351 g/mol. The van der Waals surface area contributed by atoms with Crippen LogP contribution >= 0.6 is 11.8 Å². The summed E-state index contributed by atoms with van der Waals surface area (Å²) in [5.41, 5.74) is 3.45. The zero-order valence-electron chi connectivity index (χ0n) is 15.5. The molecule has 0 fully saturated rings. The number of thioether (sulfide) groups is 1. The van der Waals surface area contributed by atoms with E-state index in [0.717, 1.165) is 30.2 Å². The van der Waals surface area contributed by atoms with Gasteiger partial charge in [0.15, 0.2) is 5.16 Å². The van der Waals surface area contributed by atoms with Gasteiger partial charge in [-0.25, -0.2) is 9.37 Å². The number of hydrogen-bond donors (Lipinski definition) is 0. The smallest absolute Gasteiger partial charge is 0.237 e. The molecule has 138 valence electrons. The Bertz CT molecular complexity index is 903. The van der Waals surface area contributed by atoms with E-state index in [1.807, 2.05) is 6.92 Å². The van der Waals surface area contributed by atoms with E-state index in [0.29, 0.717) is 28.6 Å². The number of imidazole rings is 1. The number of hydrogen-bond acceptors (Lipinski definition) is 5. The van der Waals surface area contributed by atoms with E-state index in [9.17, 15) is 4.39 Å². The standard InChI is InChI=1S/C19H23FN4OS/c1-5-6-9-24-14(4)13(3)21-19(24)26-11-17-22-18(23-25-17)15-8-7-12(2)16(20)10-15/h7-8,10H,5-6,9,11H2,1-4H3. The largest absolute Gasteiger partial charge is 0.338 e. The van der Waals surface area contributed by atoms with Crippen molar-refractivity contribution in [3.63, 3.8) is 0 Å². The summed E-state index contributed by atoms with van der Waals surface area (Å²) in [6.07, 6.45) is 2.26. The lowest BCUT2D eigenvalue weighted by Crippen LogP contribution is -2.02. The van der Waals surface area contributed by atoms with Crippen LogP contribution in [0.5, 0.6) is 0 Å². The molecule has 0 saturated carbocycles. The van der Waals surface area contributed by atoms with Crippen molar-refractivity contribution in [3.8, 4) is 11.4 Å². The third-order valence-corrected chi connectivity index (χ3v) is 5.34. The fraction of sp³-hybridized carbons (Fsp3) is 0.421. The molecule has 0 N–H and O–H groups in total. The van der Waals surface area contributed by atoms with E-state index < -0.39 is 0 Å². The van der Waals surface area contributed by atoms with E-state index in [1.54, 1.807) is 30.8 Å². The third kappa shape index (κ3) is 3.98. The summed E-state index contributed by atoms with van der Waals surface area (Å²) < 4.78 is 21.3. The molecule has 2 aromatic heterocycles. The highest BCUT2D eigenvalue weighted by Gasteiger charge is 2.15. The first-order valence-corrected chi connectivity index (χ1v) is 9.73. The quantitative estimate of drug-likeness (QED) is 0.539.